The van der Waals surface area contributed by atoms with E-state index in [-0.39, 0.29) is 6.03 Å². The molecule has 1 atom stereocenters. The number of benzene rings is 1. The van der Waals surface area contributed by atoms with Crippen molar-refractivity contribution in [2.75, 3.05) is 26.2 Å². The van der Waals surface area contributed by atoms with Crippen LogP contribution in [0.5, 0.6) is 5.75 Å². The van der Waals surface area contributed by atoms with Gasteiger partial charge in [-0.25, -0.2) is 4.79 Å². The molecule has 0 radical (unpaired) electrons. The lowest BCUT2D eigenvalue weighted by Gasteiger charge is -2.32. The summed E-state index contributed by atoms with van der Waals surface area (Å²) in [7, 11) is 0. The molecule has 26 heavy (non-hydrogen) atoms. The number of H-pyrrole nitrogens is 1. The van der Waals surface area contributed by atoms with Crippen LogP contribution in [0.15, 0.2) is 24.3 Å². The maximum Gasteiger partial charge on any atom is 0.317 e. The fourth-order valence-electron chi connectivity index (χ4n) is 3.51. The van der Waals surface area contributed by atoms with Crippen molar-refractivity contribution >= 4 is 6.03 Å². The van der Waals surface area contributed by atoms with Crippen molar-refractivity contribution < 1.29 is 9.53 Å². The highest BCUT2D eigenvalue weighted by molar-refractivity contribution is 5.74. The zero-order valence-electron chi connectivity index (χ0n) is 15.8. The molecule has 1 unspecified atom stereocenters. The van der Waals surface area contributed by atoms with Crippen molar-refractivity contribution in [2.24, 2.45) is 0 Å². The molecule has 2 heterocycles. The fourth-order valence-corrected chi connectivity index (χ4v) is 3.51. The van der Waals surface area contributed by atoms with Crippen LogP contribution >= 0.6 is 0 Å². The molecule has 0 saturated carbocycles. The number of rotatable bonds is 5. The zero-order chi connectivity index (χ0) is 18.5. The van der Waals surface area contributed by atoms with Crippen LogP contribution in [0.3, 0.4) is 0 Å². The first-order chi connectivity index (χ1) is 12.5. The number of hydrogen-bond acceptors (Lipinski definition) is 3. The SMILES string of the molecule is Cc1cc(C)cc(OCCNC(=O)N2CCCC(c3cc(C)[nH]n3)C2)c1. The van der Waals surface area contributed by atoms with Crippen LogP contribution in [0.2, 0.25) is 0 Å². The quantitative estimate of drug-likeness (QED) is 0.808. The summed E-state index contributed by atoms with van der Waals surface area (Å²) < 4.78 is 5.75. The lowest BCUT2D eigenvalue weighted by atomic mass is 9.95. The average Bonchev–Trinajstić information content (AvgIpc) is 3.04. The van der Waals surface area contributed by atoms with Gasteiger partial charge in [0, 0.05) is 24.7 Å². The minimum absolute atomic E-state index is 0.0222. The number of aryl methyl sites for hydroxylation is 3. The second-order valence-corrected chi connectivity index (χ2v) is 7.16. The van der Waals surface area contributed by atoms with E-state index in [9.17, 15) is 4.79 Å². The van der Waals surface area contributed by atoms with E-state index in [0.717, 1.165) is 36.5 Å². The van der Waals surface area contributed by atoms with Gasteiger partial charge >= 0.3 is 6.03 Å². The summed E-state index contributed by atoms with van der Waals surface area (Å²) in [5, 5.41) is 10.3. The zero-order valence-corrected chi connectivity index (χ0v) is 15.8. The fraction of sp³-hybridized carbons (Fsp3) is 0.500. The maximum atomic E-state index is 12.4. The third-order valence-electron chi connectivity index (χ3n) is 4.69. The van der Waals surface area contributed by atoms with Gasteiger partial charge in [-0.15, -0.1) is 0 Å². The number of nitrogens with one attached hydrogen (secondary N) is 2. The van der Waals surface area contributed by atoms with Gasteiger partial charge in [-0.05, 0) is 62.9 Å². The summed E-state index contributed by atoms with van der Waals surface area (Å²) in [6.45, 7) is 8.57. The van der Waals surface area contributed by atoms with Crippen LogP contribution < -0.4 is 10.1 Å². The third-order valence-corrected chi connectivity index (χ3v) is 4.69. The number of urea groups is 1. The van der Waals surface area contributed by atoms with Crippen LogP contribution in [0, 0.1) is 20.8 Å². The van der Waals surface area contributed by atoms with Crippen molar-refractivity contribution in [1.82, 2.24) is 20.4 Å². The predicted molar refractivity (Wildman–Crippen MR) is 102 cm³/mol. The Hall–Kier alpha value is -2.50. The van der Waals surface area contributed by atoms with Crippen molar-refractivity contribution in [2.45, 2.75) is 39.5 Å². The van der Waals surface area contributed by atoms with Crippen LogP contribution in [0.25, 0.3) is 0 Å². The molecule has 1 aliphatic rings. The maximum absolute atomic E-state index is 12.4. The number of amides is 2. The molecule has 0 aliphatic carbocycles. The minimum Gasteiger partial charge on any atom is -0.492 e. The van der Waals surface area contributed by atoms with Gasteiger partial charge < -0.3 is 15.0 Å². The van der Waals surface area contributed by atoms with E-state index in [1.807, 2.05) is 24.0 Å². The lowest BCUT2D eigenvalue weighted by Crippen LogP contribution is -2.46. The molecule has 3 rings (SSSR count). The molecule has 2 amide bonds. The molecule has 1 aromatic heterocycles. The van der Waals surface area contributed by atoms with Gasteiger partial charge in [-0.1, -0.05) is 6.07 Å². The number of piperidine rings is 1. The molecule has 0 spiro atoms. The van der Waals surface area contributed by atoms with Crippen molar-refractivity contribution in [1.29, 1.82) is 0 Å². The predicted octanol–water partition coefficient (Wildman–Crippen LogP) is 3.30. The Labute approximate surface area is 154 Å². The summed E-state index contributed by atoms with van der Waals surface area (Å²) in [5.74, 6) is 1.16. The first kappa shape index (κ1) is 18.3. The Balaban J connectivity index is 1.44. The van der Waals surface area contributed by atoms with Gasteiger partial charge in [-0.3, -0.25) is 5.10 Å². The molecule has 6 heteroatoms. The average molecular weight is 356 g/mol. The largest absolute Gasteiger partial charge is 0.492 e. The van der Waals surface area contributed by atoms with E-state index in [0.29, 0.717) is 25.6 Å². The van der Waals surface area contributed by atoms with Crippen molar-refractivity contribution in [3.63, 3.8) is 0 Å². The number of carbonyl (C=O) groups excluding carboxylic acids is 1. The van der Waals surface area contributed by atoms with Crippen molar-refractivity contribution in [3.8, 4) is 5.75 Å². The van der Waals surface area contributed by atoms with E-state index < -0.39 is 0 Å². The molecular formula is C20H28N4O2. The van der Waals surface area contributed by atoms with Gasteiger partial charge in [0.15, 0.2) is 0 Å². The molecule has 1 aromatic carbocycles. The molecule has 1 aliphatic heterocycles. The lowest BCUT2D eigenvalue weighted by molar-refractivity contribution is 0.176. The van der Waals surface area contributed by atoms with E-state index in [2.05, 4.69) is 41.5 Å². The van der Waals surface area contributed by atoms with E-state index in [1.54, 1.807) is 0 Å². The molecular weight excluding hydrogens is 328 g/mol. The monoisotopic (exact) mass is 356 g/mol. The van der Waals surface area contributed by atoms with Gasteiger partial charge in [0.2, 0.25) is 0 Å². The Morgan fingerprint density at radius 1 is 1.27 bits per heavy atom. The first-order valence-corrected chi connectivity index (χ1v) is 9.27. The standard InChI is InChI=1S/C20H28N4O2/c1-14-9-15(2)11-18(10-14)26-8-6-21-20(25)24-7-4-5-17(13-24)19-12-16(3)22-23-19/h9-12,17H,4-8,13H2,1-3H3,(H,21,25)(H,22,23). The van der Waals surface area contributed by atoms with E-state index in [1.165, 1.54) is 11.1 Å². The highest BCUT2D eigenvalue weighted by Crippen LogP contribution is 2.25. The van der Waals surface area contributed by atoms with E-state index >= 15 is 0 Å². The Kier molecular flexibility index (Phi) is 5.81. The normalized spacial score (nSPS) is 17.2. The second kappa shape index (κ2) is 8.25. The number of carbonyl (C=O) groups is 1. The highest BCUT2D eigenvalue weighted by Gasteiger charge is 2.26. The molecule has 2 aromatic rings. The summed E-state index contributed by atoms with van der Waals surface area (Å²) in [6, 6.07) is 8.18. The van der Waals surface area contributed by atoms with Gasteiger partial charge in [-0.2, -0.15) is 5.10 Å². The van der Waals surface area contributed by atoms with Crippen molar-refractivity contribution in [3.05, 3.63) is 46.8 Å². The smallest absolute Gasteiger partial charge is 0.317 e. The summed E-state index contributed by atoms with van der Waals surface area (Å²) in [5.41, 5.74) is 4.47. The molecule has 2 N–H and O–H groups in total. The van der Waals surface area contributed by atoms with Gasteiger partial charge in [0.25, 0.3) is 0 Å². The van der Waals surface area contributed by atoms with Crippen LogP contribution in [-0.2, 0) is 0 Å². The summed E-state index contributed by atoms with van der Waals surface area (Å²) in [4.78, 5) is 14.3. The number of likely N-dealkylation sites (tertiary alicyclic amines) is 1. The Bertz CT molecular complexity index is 736. The number of aromatic nitrogens is 2. The number of hydrogen-bond donors (Lipinski definition) is 2. The topological polar surface area (TPSA) is 70.2 Å². The first-order valence-electron chi connectivity index (χ1n) is 9.27. The van der Waals surface area contributed by atoms with Gasteiger partial charge in [0.05, 0.1) is 12.2 Å². The third kappa shape index (κ3) is 4.77. The molecule has 1 saturated heterocycles. The molecule has 0 bridgehead atoms. The second-order valence-electron chi connectivity index (χ2n) is 7.16. The molecule has 1 fully saturated rings. The molecule has 6 nitrogen and oxygen atoms in total. The van der Waals surface area contributed by atoms with Crippen LogP contribution in [-0.4, -0.2) is 47.4 Å². The van der Waals surface area contributed by atoms with E-state index in [4.69, 9.17) is 4.74 Å². The van der Waals surface area contributed by atoms with Gasteiger partial charge in [0.1, 0.15) is 12.4 Å². The summed E-state index contributed by atoms with van der Waals surface area (Å²) in [6.07, 6.45) is 2.08. The molecule has 140 valence electrons. The van der Waals surface area contributed by atoms with Crippen LogP contribution in [0.1, 0.15) is 41.3 Å². The Morgan fingerprint density at radius 2 is 2.04 bits per heavy atom. The Morgan fingerprint density at radius 3 is 2.73 bits per heavy atom. The highest BCUT2D eigenvalue weighted by atomic mass is 16.5. The summed E-state index contributed by atoms with van der Waals surface area (Å²) >= 11 is 0. The van der Waals surface area contributed by atoms with Crippen LogP contribution in [0.4, 0.5) is 4.79 Å². The number of ether oxygens (including phenoxy) is 1. The number of aromatic amines is 1. The number of nitrogens with zero attached hydrogens (tertiary/aromatic N) is 2. The minimum atomic E-state index is -0.0222.